The molecule has 0 aliphatic rings. The van der Waals surface area contributed by atoms with Crippen molar-refractivity contribution in [2.45, 2.75) is 13.0 Å². The number of allylic oxidation sites excluding steroid dienone is 1. The second-order valence-electron chi connectivity index (χ2n) is 3.52. The van der Waals surface area contributed by atoms with Crippen LogP contribution in [0.4, 0.5) is 0 Å². The number of hydrogen-bond acceptors (Lipinski definition) is 3. The molecule has 1 N–H and O–H groups in total. The highest BCUT2D eigenvalue weighted by atomic mass is 16.5. The van der Waals surface area contributed by atoms with Gasteiger partial charge in [-0.2, -0.15) is 0 Å². The molecule has 90 valence electrons. The molecule has 1 aromatic rings. The first-order chi connectivity index (χ1) is 8.27. The van der Waals surface area contributed by atoms with Crippen LogP contribution < -0.4 is 5.32 Å². The Bertz CT molecular complexity index is 396. The third kappa shape index (κ3) is 4.55. The SMILES string of the molecule is C=CCC(=CNCc1ccccc1)C(=O)OC. The summed E-state index contributed by atoms with van der Waals surface area (Å²) in [5.41, 5.74) is 1.73. The molecule has 0 aliphatic carbocycles. The van der Waals surface area contributed by atoms with E-state index in [1.165, 1.54) is 7.11 Å². The Kier molecular flexibility index (Phi) is 5.58. The normalized spacial score (nSPS) is 10.8. The summed E-state index contributed by atoms with van der Waals surface area (Å²) in [5, 5.41) is 3.09. The van der Waals surface area contributed by atoms with Gasteiger partial charge in [0.05, 0.1) is 12.7 Å². The van der Waals surface area contributed by atoms with Gasteiger partial charge in [-0.3, -0.25) is 0 Å². The summed E-state index contributed by atoms with van der Waals surface area (Å²) in [7, 11) is 1.37. The molecular weight excluding hydrogens is 214 g/mol. The van der Waals surface area contributed by atoms with Gasteiger partial charge in [0.2, 0.25) is 0 Å². The van der Waals surface area contributed by atoms with Crippen LogP contribution in [0.5, 0.6) is 0 Å². The first-order valence-electron chi connectivity index (χ1n) is 5.43. The number of nitrogens with one attached hydrogen (secondary N) is 1. The lowest BCUT2D eigenvalue weighted by atomic mass is 10.2. The molecule has 0 amide bonds. The maximum atomic E-state index is 11.4. The van der Waals surface area contributed by atoms with Crippen molar-refractivity contribution in [1.82, 2.24) is 5.32 Å². The highest BCUT2D eigenvalue weighted by molar-refractivity contribution is 5.88. The maximum absolute atomic E-state index is 11.4. The second kappa shape index (κ2) is 7.28. The molecule has 0 aromatic heterocycles. The minimum Gasteiger partial charge on any atom is -0.466 e. The Morgan fingerprint density at radius 1 is 1.41 bits per heavy atom. The Labute approximate surface area is 102 Å². The molecule has 0 atom stereocenters. The van der Waals surface area contributed by atoms with E-state index >= 15 is 0 Å². The van der Waals surface area contributed by atoms with E-state index in [-0.39, 0.29) is 5.97 Å². The molecule has 0 radical (unpaired) electrons. The van der Waals surface area contributed by atoms with E-state index in [4.69, 9.17) is 0 Å². The van der Waals surface area contributed by atoms with Gasteiger partial charge in [0.15, 0.2) is 0 Å². The number of benzene rings is 1. The van der Waals surface area contributed by atoms with Gasteiger partial charge in [-0.15, -0.1) is 6.58 Å². The average Bonchev–Trinajstić information content (AvgIpc) is 2.38. The predicted octanol–water partition coefficient (Wildman–Crippen LogP) is 2.41. The van der Waals surface area contributed by atoms with Crippen LogP contribution in [-0.4, -0.2) is 13.1 Å². The maximum Gasteiger partial charge on any atom is 0.335 e. The van der Waals surface area contributed by atoms with Gasteiger partial charge in [-0.1, -0.05) is 36.4 Å². The average molecular weight is 231 g/mol. The molecule has 0 unspecified atom stereocenters. The summed E-state index contributed by atoms with van der Waals surface area (Å²) in [6, 6.07) is 9.96. The fourth-order valence-corrected chi connectivity index (χ4v) is 1.38. The van der Waals surface area contributed by atoms with Crippen LogP contribution in [0, 0.1) is 0 Å². The first kappa shape index (κ1) is 13.0. The van der Waals surface area contributed by atoms with Gasteiger partial charge in [0, 0.05) is 12.7 Å². The van der Waals surface area contributed by atoms with E-state index in [0.717, 1.165) is 5.56 Å². The van der Waals surface area contributed by atoms with Crippen molar-refractivity contribution in [3.05, 3.63) is 60.3 Å². The van der Waals surface area contributed by atoms with Crippen molar-refractivity contribution in [1.29, 1.82) is 0 Å². The van der Waals surface area contributed by atoms with Gasteiger partial charge in [-0.25, -0.2) is 4.79 Å². The van der Waals surface area contributed by atoms with Crippen LogP contribution >= 0.6 is 0 Å². The van der Waals surface area contributed by atoms with E-state index < -0.39 is 0 Å². The largest absolute Gasteiger partial charge is 0.466 e. The van der Waals surface area contributed by atoms with Gasteiger partial charge in [0.25, 0.3) is 0 Å². The molecule has 0 bridgehead atoms. The molecule has 0 spiro atoms. The molecule has 17 heavy (non-hydrogen) atoms. The number of rotatable bonds is 6. The Balaban J connectivity index is 2.55. The third-order valence-corrected chi connectivity index (χ3v) is 2.24. The van der Waals surface area contributed by atoms with Crippen LogP contribution in [0.1, 0.15) is 12.0 Å². The number of methoxy groups -OCH3 is 1. The fourth-order valence-electron chi connectivity index (χ4n) is 1.38. The molecule has 0 heterocycles. The summed E-state index contributed by atoms with van der Waals surface area (Å²) < 4.78 is 4.67. The highest BCUT2D eigenvalue weighted by Crippen LogP contribution is 2.04. The summed E-state index contributed by atoms with van der Waals surface area (Å²) in [4.78, 5) is 11.4. The van der Waals surface area contributed by atoms with E-state index in [2.05, 4.69) is 16.6 Å². The summed E-state index contributed by atoms with van der Waals surface area (Å²) in [6.45, 7) is 4.29. The van der Waals surface area contributed by atoms with Crippen molar-refractivity contribution >= 4 is 5.97 Å². The molecule has 1 aromatic carbocycles. The van der Waals surface area contributed by atoms with Crippen molar-refractivity contribution in [2.24, 2.45) is 0 Å². The Morgan fingerprint density at radius 3 is 2.71 bits per heavy atom. The van der Waals surface area contributed by atoms with Crippen LogP contribution in [0.3, 0.4) is 0 Å². The van der Waals surface area contributed by atoms with E-state index in [9.17, 15) is 4.79 Å². The number of carbonyl (C=O) groups is 1. The molecule has 0 saturated carbocycles. The zero-order chi connectivity index (χ0) is 12.5. The number of hydrogen-bond donors (Lipinski definition) is 1. The van der Waals surface area contributed by atoms with Crippen LogP contribution in [0.25, 0.3) is 0 Å². The van der Waals surface area contributed by atoms with Crippen LogP contribution in [-0.2, 0) is 16.1 Å². The van der Waals surface area contributed by atoms with Crippen LogP contribution in [0.2, 0.25) is 0 Å². The standard InChI is InChI=1S/C14H17NO2/c1-3-7-13(14(16)17-2)11-15-10-12-8-5-4-6-9-12/h3-6,8-9,11,15H,1,7,10H2,2H3. The molecule has 1 rings (SSSR count). The molecule has 0 aliphatic heterocycles. The van der Waals surface area contributed by atoms with E-state index in [1.807, 2.05) is 30.3 Å². The fraction of sp³-hybridized carbons (Fsp3) is 0.214. The lowest BCUT2D eigenvalue weighted by Crippen LogP contribution is -2.11. The smallest absolute Gasteiger partial charge is 0.335 e. The zero-order valence-corrected chi connectivity index (χ0v) is 9.98. The lowest BCUT2D eigenvalue weighted by molar-refractivity contribution is -0.136. The highest BCUT2D eigenvalue weighted by Gasteiger charge is 2.06. The molecule has 0 saturated heterocycles. The van der Waals surface area contributed by atoms with Crippen molar-refractivity contribution in [3.63, 3.8) is 0 Å². The molecular formula is C14H17NO2. The Morgan fingerprint density at radius 2 is 2.12 bits per heavy atom. The van der Waals surface area contributed by atoms with Crippen molar-refractivity contribution < 1.29 is 9.53 Å². The summed E-state index contributed by atoms with van der Waals surface area (Å²) >= 11 is 0. The van der Waals surface area contributed by atoms with Gasteiger partial charge < -0.3 is 10.1 Å². The Hall–Kier alpha value is -2.03. The summed E-state index contributed by atoms with van der Waals surface area (Å²) in [6.07, 6.45) is 3.85. The topological polar surface area (TPSA) is 38.3 Å². The molecule has 3 nitrogen and oxygen atoms in total. The predicted molar refractivity (Wildman–Crippen MR) is 68.2 cm³/mol. The number of ether oxygens (including phenoxy) is 1. The van der Waals surface area contributed by atoms with Crippen molar-refractivity contribution in [3.8, 4) is 0 Å². The number of esters is 1. The van der Waals surface area contributed by atoms with Gasteiger partial charge in [0.1, 0.15) is 0 Å². The summed E-state index contributed by atoms with van der Waals surface area (Å²) in [5.74, 6) is -0.328. The van der Waals surface area contributed by atoms with Gasteiger partial charge >= 0.3 is 5.97 Å². The lowest BCUT2D eigenvalue weighted by Gasteiger charge is -2.05. The minimum atomic E-state index is -0.328. The zero-order valence-electron chi connectivity index (χ0n) is 9.98. The van der Waals surface area contributed by atoms with E-state index in [0.29, 0.717) is 18.5 Å². The second-order valence-corrected chi connectivity index (χ2v) is 3.52. The van der Waals surface area contributed by atoms with Gasteiger partial charge in [-0.05, 0) is 12.0 Å². The molecule has 0 fully saturated rings. The van der Waals surface area contributed by atoms with Crippen molar-refractivity contribution in [2.75, 3.05) is 7.11 Å². The first-order valence-corrected chi connectivity index (χ1v) is 5.43. The van der Waals surface area contributed by atoms with Crippen LogP contribution in [0.15, 0.2) is 54.8 Å². The number of carbonyl (C=O) groups excluding carboxylic acids is 1. The monoisotopic (exact) mass is 231 g/mol. The third-order valence-electron chi connectivity index (χ3n) is 2.24. The molecule has 3 heteroatoms. The minimum absolute atomic E-state index is 0.328. The van der Waals surface area contributed by atoms with E-state index in [1.54, 1.807) is 12.3 Å². The quantitative estimate of drug-likeness (QED) is 0.464.